The van der Waals surface area contributed by atoms with Crippen molar-refractivity contribution >= 4 is 35.9 Å². The molecule has 0 saturated heterocycles. The van der Waals surface area contributed by atoms with Gasteiger partial charge in [-0.3, -0.25) is 0 Å². The fourth-order valence-corrected chi connectivity index (χ4v) is 2.91. The van der Waals surface area contributed by atoms with Gasteiger partial charge in [0.25, 0.3) is 0 Å². The number of halogens is 1. The molecule has 0 bridgehead atoms. The molecule has 0 saturated carbocycles. The third-order valence-corrected chi connectivity index (χ3v) is 4.67. The highest BCUT2D eigenvalue weighted by Gasteiger charge is 2.13. The van der Waals surface area contributed by atoms with E-state index in [0.717, 1.165) is 29.8 Å². The number of aliphatic imine (C=N–C) groups is 1. The Morgan fingerprint density at radius 1 is 0.970 bits per heavy atom. The molecule has 0 aromatic heterocycles. The molecule has 33 heavy (non-hydrogen) atoms. The number of carbonyl (C=O) groups excluding carboxylic acids is 1. The highest BCUT2D eigenvalue weighted by atomic mass is 127. The van der Waals surface area contributed by atoms with Gasteiger partial charge in [-0.1, -0.05) is 18.2 Å². The van der Waals surface area contributed by atoms with Crippen molar-refractivity contribution in [1.29, 1.82) is 0 Å². The van der Waals surface area contributed by atoms with Gasteiger partial charge < -0.3 is 29.6 Å². The van der Waals surface area contributed by atoms with Crippen LogP contribution in [0.15, 0.2) is 47.5 Å². The summed E-state index contributed by atoms with van der Waals surface area (Å²) in [6.45, 7) is 5.16. The third kappa shape index (κ3) is 9.87. The zero-order chi connectivity index (χ0) is 23.2. The lowest BCUT2D eigenvalue weighted by Gasteiger charge is -2.14. The predicted molar refractivity (Wildman–Crippen MR) is 140 cm³/mol. The minimum absolute atomic E-state index is 0. The number of benzene rings is 2. The summed E-state index contributed by atoms with van der Waals surface area (Å²) in [4.78, 5) is 16.5. The summed E-state index contributed by atoms with van der Waals surface area (Å²) >= 11 is 0. The number of esters is 1. The number of nitrogens with one attached hydrogen (secondary N) is 2. The quantitative estimate of drug-likeness (QED) is 0.132. The molecule has 0 heterocycles. The maximum absolute atomic E-state index is 11.9. The van der Waals surface area contributed by atoms with Crippen molar-refractivity contribution in [3.05, 3.63) is 59.2 Å². The Morgan fingerprint density at radius 2 is 1.70 bits per heavy atom. The van der Waals surface area contributed by atoms with Crippen LogP contribution in [0.2, 0.25) is 0 Å². The van der Waals surface area contributed by atoms with Crippen molar-refractivity contribution in [2.75, 3.05) is 41.1 Å². The van der Waals surface area contributed by atoms with Gasteiger partial charge in [-0.15, -0.1) is 24.0 Å². The highest BCUT2D eigenvalue weighted by molar-refractivity contribution is 14.0. The number of nitrogens with zero attached hydrogens (tertiary/aromatic N) is 1. The van der Waals surface area contributed by atoms with E-state index in [1.165, 1.54) is 14.2 Å². The van der Waals surface area contributed by atoms with Gasteiger partial charge in [0.2, 0.25) is 0 Å². The Morgan fingerprint density at radius 3 is 2.33 bits per heavy atom. The Labute approximate surface area is 213 Å². The molecule has 2 N–H and O–H groups in total. The zero-order valence-electron chi connectivity index (χ0n) is 19.7. The molecule has 0 amide bonds. The Hall–Kier alpha value is -2.53. The standard InChI is InChI=1S/C24H33N3O5.HI/c1-5-32-14-6-13-25-24(26-16-18-7-10-20(29-2)11-8-18)27-17-19-9-12-21(23(28)31-4)22(15-19)30-3;/h7-12,15H,5-6,13-14,16-17H2,1-4H3,(H2,25,26,27);1H. The van der Waals surface area contributed by atoms with Crippen molar-refractivity contribution in [2.24, 2.45) is 4.99 Å². The molecular weight excluding hydrogens is 537 g/mol. The van der Waals surface area contributed by atoms with Gasteiger partial charge in [0.05, 0.1) is 27.9 Å². The molecule has 182 valence electrons. The maximum Gasteiger partial charge on any atom is 0.341 e. The largest absolute Gasteiger partial charge is 0.497 e. The van der Waals surface area contributed by atoms with Crippen LogP contribution in [-0.4, -0.2) is 53.0 Å². The average Bonchev–Trinajstić information content (AvgIpc) is 2.84. The zero-order valence-corrected chi connectivity index (χ0v) is 22.0. The van der Waals surface area contributed by atoms with Crippen LogP contribution in [0.25, 0.3) is 0 Å². The highest BCUT2D eigenvalue weighted by Crippen LogP contribution is 2.21. The molecule has 2 aromatic carbocycles. The fraction of sp³-hybridized carbons (Fsp3) is 0.417. The van der Waals surface area contributed by atoms with Crippen LogP contribution >= 0.6 is 24.0 Å². The van der Waals surface area contributed by atoms with Crippen LogP contribution < -0.4 is 20.1 Å². The minimum Gasteiger partial charge on any atom is -0.497 e. The Bertz CT molecular complexity index is 875. The molecule has 9 heteroatoms. The number of hydrogen-bond donors (Lipinski definition) is 2. The van der Waals surface area contributed by atoms with E-state index in [2.05, 4.69) is 15.6 Å². The van der Waals surface area contributed by atoms with E-state index in [4.69, 9.17) is 18.9 Å². The first-order valence-electron chi connectivity index (χ1n) is 10.6. The third-order valence-electron chi connectivity index (χ3n) is 4.67. The normalized spacial score (nSPS) is 10.7. The van der Waals surface area contributed by atoms with Crippen LogP contribution in [0.5, 0.6) is 11.5 Å². The summed E-state index contributed by atoms with van der Waals surface area (Å²) in [5.74, 6) is 1.53. The number of carbonyl (C=O) groups is 1. The molecule has 0 spiro atoms. The van der Waals surface area contributed by atoms with Gasteiger partial charge in [0, 0.05) is 26.3 Å². The van der Waals surface area contributed by atoms with E-state index in [0.29, 0.717) is 43.6 Å². The van der Waals surface area contributed by atoms with E-state index in [9.17, 15) is 4.79 Å². The van der Waals surface area contributed by atoms with Crippen LogP contribution in [0.1, 0.15) is 34.8 Å². The monoisotopic (exact) mass is 571 g/mol. The van der Waals surface area contributed by atoms with Crippen LogP contribution in [0.4, 0.5) is 0 Å². The summed E-state index contributed by atoms with van der Waals surface area (Å²) in [6.07, 6.45) is 0.874. The summed E-state index contributed by atoms with van der Waals surface area (Å²) in [5, 5.41) is 6.69. The number of hydrogen-bond acceptors (Lipinski definition) is 6. The van der Waals surface area contributed by atoms with Gasteiger partial charge in [0.15, 0.2) is 5.96 Å². The van der Waals surface area contributed by atoms with Gasteiger partial charge >= 0.3 is 5.97 Å². The molecular formula is C24H34IN3O5. The summed E-state index contributed by atoms with van der Waals surface area (Å²) in [7, 11) is 4.52. The van der Waals surface area contributed by atoms with Crippen LogP contribution in [0, 0.1) is 0 Å². The van der Waals surface area contributed by atoms with E-state index in [1.807, 2.05) is 37.3 Å². The summed E-state index contributed by atoms with van der Waals surface area (Å²) in [5.41, 5.74) is 2.41. The Balaban J connectivity index is 0.00000544. The second-order valence-electron chi connectivity index (χ2n) is 6.87. The van der Waals surface area contributed by atoms with E-state index in [-0.39, 0.29) is 24.0 Å². The summed E-state index contributed by atoms with van der Waals surface area (Å²) in [6, 6.07) is 13.2. The van der Waals surface area contributed by atoms with E-state index in [1.54, 1.807) is 19.2 Å². The average molecular weight is 571 g/mol. The van der Waals surface area contributed by atoms with Crippen LogP contribution in [-0.2, 0) is 22.6 Å². The SMILES string of the molecule is CCOCCCNC(=NCc1ccc(C(=O)OC)c(OC)c1)NCc1ccc(OC)cc1.I. The van der Waals surface area contributed by atoms with Crippen molar-refractivity contribution < 1.29 is 23.7 Å². The first-order chi connectivity index (χ1) is 15.6. The lowest BCUT2D eigenvalue weighted by atomic mass is 10.1. The minimum atomic E-state index is -0.435. The van der Waals surface area contributed by atoms with Crippen LogP contribution in [0.3, 0.4) is 0 Å². The van der Waals surface area contributed by atoms with Gasteiger partial charge in [0.1, 0.15) is 17.1 Å². The van der Waals surface area contributed by atoms with Crippen molar-refractivity contribution in [3.8, 4) is 11.5 Å². The summed E-state index contributed by atoms with van der Waals surface area (Å²) < 4.78 is 20.7. The number of guanidine groups is 1. The topological polar surface area (TPSA) is 90.4 Å². The molecule has 8 nitrogen and oxygen atoms in total. The lowest BCUT2D eigenvalue weighted by molar-refractivity contribution is 0.0597. The molecule has 0 atom stereocenters. The van der Waals surface area contributed by atoms with Gasteiger partial charge in [-0.25, -0.2) is 9.79 Å². The molecule has 0 aliphatic heterocycles. The van der Waals surface area contributed by atoms with E-state index < -0.39 is 5.97 Å². The second-order valence-corrected chi connectivity index (χ2v) is 6.87. The number of methoxy groups -OCH3 is 3. The van der Waals surface area contributed by atoms with E-state index >= 15 is 0 Å². The van der Waals surface area contributed by atoms with Crippen molar-refractivity contribution in [3.63, 3.8) is 0 Å². The van der Waals surface area contributed by atoms with Gasteiger partial charge in [-0.05, 0) is 48.7 Å². The Kier molecular flexibility index (Phi) is 13.9. The maximum atomic E-state index is 11.9. The second kappa shape index (κ2) is 16.1. The molecule has 0 fully saturated rings. The molecule has 0 aliphatic carbocycles. The number of rotatable bonds is 12. The molecule has 0 unspecified atom stereocenters. The lowest BCUT2D eigenvalue weighted by Crippen LogP contribution is -2.37. The first-order valence-corrected chi connectivity index (χ1v) is 10.6. The molecule has 0 radical (unpaired) electrons. The first kappa shape index (κ1) is 28.5. The van der Waals surface area contributed by atoms with Gasteiger partial charge in [-0.2, -0.15) is 0 Å². The number of ether oxygens (including phenoxy) is 4. The van der Waals surface area contributed by atoms with Crippen molar-refractivity contribution in [1.82, 2.24) is 10.6 Å². The molecule has 0 aliphatic rings. The smallest absolute Gasteiger partial charge is 0.341 e. The molecule has 2 rings (SSSR count). The van der Waals surface area contributed by atoms with Crippen molar-refractivity contribution in [2.45, 2.75) is 26.4 Å². The molecule has 2 aromatic rings. The fourth-order valence-electron chi connectivity index (χ4n) is 2.91. The predicted octanol–water partition coefficient (Wildman–Crippen LogP) is 3.77.